The van der Waals surface area contributed by atoms with Crippen LogP contribution < -0.4 is 4.90 Å². The second-order valence-corrected chi connectivity index (χ2v) is 6.75. The minimum atomic E-state index is 0.585. The topological polar surface area (TPSA) is 80.8 Å². The van der Waals surface area contributed by atoms with Crippen molar-refractivity contribution >= 4 is 17.0 Å². The number of aromatic nitrogens is 7. The zero-order chi connectivity index (χ0) is 16.6. The molecule has 25 heavy (non-hydrogen) atoms. The lowest BCUT2D eigenvalue weighted by Crippen LogP contribution is -2.47. The zero-order valence-corrected chi connectivity index (χ0v) is 14.1. The van der Waals surface area contributed by atoms with Crippen LogP contribution in [0.2, 0.25) is 0 Å². The van der Waals surface area contributed by atoms with Gasteiger partial charge in [0.15, 0.2) is 17.0 Å². The Bertz CT molecular complexity index is 844. The SMILES string of the molecule is c1cn(CCN2CCN(c3ncnc4c3ncn4C3CC3)CC2)nn1. The van der Waals surface area contributed by atoms with E-state index in [0.717, 1.165) is 56.3 Å². The molecule has 0 aromatic carbocycles. The minimum Gasteiger partial charge on any atom is -0.352 e. The third-order valence-corrected chi connectivity index (χ3v) is 5.07. The van der Waals surface area contributed by atoms with Crippen LogP contribution in [0.5, 0.6) is 0 Å². The van der Waals surface area contributed by atoms with Crippen molar-refractivity contribution in [3.63, 3.8) is 0 Å². The summed E-state index contributed by atoms with van der Waals surface area (Å²) in [4.78, 5) is 18.4. The lowest BCUT2D eigenvalue weighted by Gasteiger charge is -2.35. The van der Waals surface area contributed by atoms with Crippen LogP contribution in [0.25, 0.3) is 11.2 Å². The standard InChI is InChI=1S/C16H21N9/c1-2-13(1)25-12-19-14-15(17-11-18-16(14)25)23-8-5-22(6-9-23)7-10-24-4-3-20-21-24/h3-4,11-13H,1-2,5-10H2. The molecule has 3 aromatic rings. The first-order valence-corrected chi connectivity index (χ1v) is 8.87. The summed E-state index contributed by atoms with van der Waals surface area (Å²) in [6.07, 6.45) is 9.69. The van der Waals surface area contributed by atoms with Crippen LogP contribution in [0.4, 0.5) is 5.82 Å². The Hall–Kier alpha value is -2.55. The van der Waals surface area contributed by atoms with Gasteiger partial charge in [-0.15, -0.1) is 5.10 Å². The third kappa shape index (κ3) is 2.84. The maximum atomic E-state index is 4.61. The van der Waals surface area contributed by atoms with Crippen molar-refractivity contribution in [3.8, 4) is 0 Å². The van der Waals surface area contributed by atoms with Gasteiger partial charge >= 0.3 is 0 Å². The van der Waals surface area contributed by atoms with Gasteiger partial charge in [-0.1, -0.05) is 5.21 Å². The molecule has 5 rings (SSSR count). The number of hydrogen-bond donors (Lipinski definition) is 0. The van der Waals surface area contributed by atoms with Crippen molar-refractivity contribution in [1.29, 1.82) is 0 Å². The first-order valence-electron chi connectivity index (χ1n) is 8.87. The summed E-state index contributed by atoms with van der Waals surface area (Å²) in [5.74, 6) is 0.973. The number of anilines is 1. The van der Waals surface area contributed by atoms with Crippen molar-refractivity contribution in [1.82, 2.24) is 39.4 Å². The van der Waals surface area contributed by atoms with E-state index in [1.54, 1.807) is 12.5 Å². The summed E-state index contributed by atoms with van der Waals surface area (Å²) in [7, 11) is 0. The van der Waals surface area contributed by atoms with Gasteiger partial charge in [-0.25, -0.2) is 15.0 Å². The molecule has 130 valence electrons. The van der Waals surface area contributed by atoms with Gasteiger partial charge in [0.25, 0.3) is 0 Å². The normalized spacial score (nSPS) is 19.0. The zero-order valence-electron chi connectivity index (χ0n) is 14.1. The van der Waals surface area contributed by atoms with Gasteiger partial charge in [-0.3, -0.25) is 9.58 Å². The Labute approximate surface area is 145 Å². The second-order valence-electron chi connectivity index (χ2n) is 6.75. The summed E-state index contributed by atoms with van der Waals surface area (Å²) in [5.41, 5.74) is 1.91. The highest BCUT2D eigenvalue weighted by atomic mass is 15.4. The average Bonchev–Trinajstić information content (AvgIpc) is 3.19. The first-order chi connectivity index (χ1) is 12.4. The molecule has 1 saturated heterocycles. The summed E-state index contributed by atoms with van der Waals surface area (Å²) < 4.78 is 4.08. The van der Waals surface area contributed by atoms with Gasteiger partial charge in [-0.2, -0.15) is 0 Å². The van der Waals surface area contributed by atoms with Crippen LogP contribution in [0.3, 0.4) is 0 Å². The summed E-state index contributed by atoms with van der Waals surface area (Å²) in [6.45, 7) is 5.82. The van der Waals surface area contributed by atoms with E-state index in [2.05, 4.69) is 39.6 Å². The number of piperazine rings is 1. The van der Waals surface area contributed by atoms with Crippen LogP contribution in [-0.2, 0) is 6.54 Å². The Morgan fingerprint density at radius 1 is 1.00 bits per heavy atom. The van der Waals surface area contributed by atoms with Crippen LogP contribution >= 0.6 is 0 Å². The Balaban J connectivity index is 1.27. The highest BCUT2D eigenvalue weighted by molar-refractivity contribution is 5.83. The highest BCUT2D eigenvalue weighted by Crippen LogP contribution is 2.37. The molecule has 2 aliphatic rings. The van der Waals surface area contributed by atoms with Crippen molar-refractivity contribution in [2.75, 3.05) is 37.6 Å². The fourth-order valence-electron chi connectivity index (χ4n) is 3.47. The first kappa shape index (κ1) is 14.8. The quantitative estimate of drug-likeness (QED) is 0.672. The molecule has 0 amide bonds. The molecular weight excluding hydrogens is 318 g/mol. The molecule has 1 aliphatic heterocycles. The molecule has 1 aliphatic carbocycles. The smallest absolute Gasteiger partial charge is 0.165 e. The summed E-state index contributed by atoms with van der Waals surface area (Å²) >= 11 is 0. The van der Waals surface area contributed by atoms with Crippen LogP contribution in [0, 0.1) is 0 Å². The highest BCUT2D eigenvalue weighted by Gasteiger charge is 2.27. The molecule has 2 fully saturated rings. The van der Waals surface area contributed by atoms with Crippen molar-refractivity contribution in [3.05, 3.63) is 25.0 Å². The number of fused-ring (bicyclic) bond motifs is 1. The predicted molar refractivity (Wildman–Crippen MR) is 92.3 cm³/mol. The van der Waals surface area contributed by atoms with Gasteiger partial charge in [0.05, 0.1) is 19.1 Å². The van der Waals surface area contributed by atoms with E-state index in [1.165, 1.54) is 12.8 Å². The van der Waals surface area contributed by atoms with Gasteiger partial charge in [0, 0.05) is 45.0 Å². The molecule has 0 bridgehead atoms. The molecule has 4 heterocycles. The third-order valence-electron chi connectivity index (χ3n) is 5.07. The Morgan fingerprint density at radius 3 is 2.64 bits per heavy atom. The van der Waals surface area contributed by atoms with Gasteiger partial charge in [-0.05, 0) is 12.8 Å². The molecule has 9 nitrogen and oxygen atoms in total. The van der Waals surface area contributed by atoms with E-state index in [1.807, 2.05) is 17.2 Å². The Kier molecular flexibility index (Phi) is 3.58. The predicted octanol–water partition coefficient (Wildman–Crippen LogP) is 0.575. The van der Waals surface area contributed by atoms with Crippen LogP contribution in [0.15, 0.2) is 25.0 Å². The van der Waals surface area contributed by atoms with E-state index in [4.69, 9.17) is 0 Å². The molecule has 0 unspecified atom stereocenters. The maximum absolute atomic E-state index is 4.61. The molecule has 0 atom stereocenters. The number of hydrogen-bond acceptors (Lipinski definition) is 7. The minimum absolute atomic E-state index is 0.585. The maximum Gasteiger partial charge on any atom is 0.165 e. The largest absolute Gasteiger partial charge is 0.352 e. The van der Waals surface area contributed by atoms with Crippen LogP contribution in [0.1, 0.15) is 18.9 Å². The molecule has 1 saturated carbocycles. The van der Waals surface area contributed by atoms with Crippen molar-refractivity contribution in [2.45, 2.75) is 25.4 Å². The number of imidazole rings is 1. The molecule has 0 N–H and O–H groups in total. The van der Waals surface area contributed by atoms with Gasteiger partial charge in [0.2, 0.25) is 0 Å². The molecule has 0 spiro atoms. The molecule has 0 radical (unpaired) electrons. The fraction of sp³-hybridized carbons (Fsp3) is 0.562. The summed E-state index contributed by atoms with van der Waals surface area (Å²) in [6, 6.07) is 0.585. The molecule has 9 heteroatoms. The summed E-state index contributed by atoms with van der Waals surface area (Å²) in [5, 5.41) is 7.87. The van der Waals surface area contributed by atoms with Gasteiger partial charge in [0.1, 0.15) is 6.33 Å². The lowest BCUT2D eigenvalue weighted by molar-refractivity contribution is 0.243. The van der Waals surface area contributed by atoms with Gasteiger partial charge < -0.3 is 9.47 Å². The molecule has 3 aromatic heterocycles. The van der Waals surface area contributed by atoms with Crippen molar-refractivity contribution in [2.24, 2.45) is 0 Å². The van der Waals surface area contributed by atoms with E-state index in [9.17, 15) is 0 Å². The van der Waals surface area contributed by atoms with E-state index < -0.39 is 0 Å². The number of nitrogens with zero attached hydrogens (tertiary/aromatic N) is 9. The van der Waals surface area contributed by atoms with E-state index >= 15 is 0 Å². The monoisotopic (exact) mass is 339 g/mol. The fourth-order valence-corrected chi connectivity index (χ4v) is 3.47. The Morgan fingerprint density at radius 2 is 1.88 bits per heavy atom. The second kappa shape index (κ2) is 6.07. The average molecular weight is 339 g/mol. The number of rotatable bonds is 5. The van der Waals surface area contributed by atoms with E-state index in [-0.39, 0.29) is 0 Å². The van der Waals surface area contributed by atoms with E-state index in [0.29, 0.717) is 6.04 Å². The van der Waals surface area contributed by atoms with Crippen LogP contribution in [-0.4, -0.2) is 72.1 Å². The molecular formula is C16H21N9. The van der Waals surface area contributed by atoms with Crippen molar-refractivity contribution < 1.29 is 0 Å². The lowest BCUT2D eigenvalue weighted by atomic mass is 10.3.